The highest BCUT2D eigenvalue weighted by molar-refractivity contribution is 4.72. The summed E-state index contributed by atoms with van der Waals surface area (Å²) in [6, 6.07) is 0. The maximum Gasteiger partial charge on any atom is 0.123 e. The van der Waals surface area contributed by atoms with Crippen LogP contribution < -0.4 is 0 Å². The second kappa shape index (κ2) is 2.44. The molecule has 0 spiro atoms. The normalized spacial score (nSPS) is 16.1. The van der Waals surface area contributed by atoms with E-state index in [0.29, 0.717) is 0 Å². The molecule has 0 saturated carbocycles. The van der Waals surface area contributed by atoms with Crippen molar-refractivity contribution in [3.8, 4) is 0 Å². The molecule has 0 aliphatic rings. The van der Waals surface area contributed by atoms with E-state index in [1.165, 1.54) is 0 Å². The van der Waals surface area contributed by atoms with E-state index in [0.717, 1.165) is 0 Å². The summed E-state index contributed by atoms with van der Waals surface area (Å²) < 4.78 is 0. The molecule has 0 aromatic rings. The molecule has 1 unspecified atom stereocenters. The molecule has 3 nitrogen and oxygen atoms in total. The van der Waals surface area contributed by atoms with Crippen molar-refractivity contribution in [3.63, 3.8) is 0 Å². The van der Waals surface area contributed by atoms with Crippen LogP contribution in [0.25, 0.3) is 0 Å². The Hall–Kier alpha value is -0.120. The predicted octanol–water partition coefficient (Wildman–Crippen LogP) is 0.635. The van der Waals surface area contributed by atoms with Gasteiger partial charge in [-0.3, -0.25) is 5.26 Å². The van der Waals surface area contributed by atoms with E-state index >= 15 is 0 Å². The molecule has 0 radical (unpaired) electrons. The monoisotopic (exact) mass is 120 g/mol. The lowest BCUT2D eigenvalue weighted by atomic mass is 10.0. The Labute approximate surface area is 48.8 Å². The Morgan fingerprint density at radius 2 is 1.88 bits per heavy atom. The van der Waals surface area contributed by atoms with Gasteiger partial charge in [0.2, 0.25) is 0 Å². The summed E-state index contributed by atoms with van der Waals surface area (Å²) in [6.45, 7) is 4.74. The van der Waals surface area contributed by atoms with Gasteiger partial charge in [-0.2, -0.15) is 0 Å². The van der Waals surface area contributed by atoms with Crippen LogP contribution in [0.15, 0.2) is 0 Å². The Balaban J connectivity index is 3.71. The van der Waals surface area contributed by atoms with Crippen molar-refractivity contribution in [2.45, 2.75) is 32.5 Å². The van der Waals surface area contributed by atoms with Crippen LogP contribution in [0.3, 0.4) is 0 Å². The molecule has 50 valence electrons. The second-order valence-corrected chi connectivity index (χ2v) is 2.37. The molecule has 0 aliphatic carbocycles. The standard InChI is InChI=1S/C5H12O3/c1-4(6)5(2,3)8-7/h4,6-7H,1-3H3. The van der Waals surface area contributed by atoms with Crippen LogP contribution >= 0.6 is 0 Å². The number of aliphatic hydroxyl groups excluding tert-OH is 1. The van der Waals surface area contributed by atoms with Crippen LogP contribution in [-0.2, 0) is 4.89 Å². The number of aliphatic hydroxyl groups is 1. The number of rotatable bonds is 2. The lowest BCUT2D eigenvalue weighted by Gasteiger charge is -2.22. The third-order valence-corrected chi connectivity index (χ3v) is 1.24. The van der Waals surface area contributed by atoms with Crippen molar-refractivity contribution in [2.24, 2.45) is 0 Å². The molecule has 0 saturated heterocycles. The molecule has 1 atom stereocenters. The average Bonchev–Trinajstić information content (AvgIpc) is 1.67. The van der Waals surface area contributed by atoms with Crippen molar-refractivity contribution >= 4 is 0 Å². The molecule has 0 aliphatic heterocycles. The van der Waals surface area contributed by atoms with Gasteiger partial charge in [0, 0.05) is 0 Å². The fourth-order valence-corrected chi connectivity index (χ4v) is 0.0763. The highest BCUT2D eigenvalue weighted by Crippen LogP contribution is 2.11. The Bertz CT molecular complexity index is 68.1. The Morgan fingerprint density at radius 1 is 1.50 bits per heavy atom. The smallest absolute Gasteiger partial charge is 0.123 e. The minimum atomic E-state index is -0.847. The van der Waals surface area contributed by atoms with Gasteiger partial charge >= 0.3 is 0 Å². The summed E-state index contributed by atoms with van der Waals surface area (Å²) in [6.07, 6.45) is -0.660. The zero-order chi connectivity index (χ0) is 6.78. The average molecular weight is 120 g/mol. The molecular weight excluding hydrogens is 108 g/mol. The highest BCUT2D eigenvalue weighted by atomic mass is 17.1. The Kier molecular flexibility index (Phi) is 2.40. The van der Waals surface area contributed by atoms with Crippen LogP contribution in [0.1, 0.15) is 20.8 Å². The van der Waals surface area contributed by atoms with Crippen molar-refractivity contribution in [1.82, 2.24) is 0 Å². The molecule has 2 N–H and O–H groups in total. The first-order valence-electron chi connectivity index (χ1n) is 2.51. The van der Waals surface area contributed by atoms with Crippen LogP contribution in [0.4, 0.5) is 0 Å². The van der Waals surface area contributed by atoms with E-state index in [1.807, 2.05) is 0 Å². The third-order valence-electron chi connectivity index (χ3n) is 1.24. The van der Waals surface area contributed by atoms with E-state index in [9.17, 15) is 0 Å². The zero-order valence-electron chi connectivity index (χ0n) is 5.38. The molecule has 0 heterocycles. The van der Waals surface area contributed by atoms with Gasteiger partial charge in [0.15, 0.2) is 0 Å². The molecule has 8 heavy (non-hydrogen) atoms. The summed E-state index contributed by atoms with van der Waals surface area (Å²) >= 11 is 0. The van der Waals surface area contributed by atoms with Crippen molar-refractivity contribution in [3.05, 3.63) is 0 Å². The van der Waals surface area contributed by atoms with Crippen LogP contribution in [0.2, 0.25) is 0 Å². The zero-order valence-corrected chi connectivity index (χ0v) is 5.38. The van der Waals surface area contributed by atoms with E-state index < -0.39 is 11.7 Å². The maximum absolute atomic E-state index is 8.80. The van der Waals surface area contributed by atoms with Crippen molar-refractivity contribution in [1.29, 1.82) is 0 Å². The Morgan fingerprint density at radius 3 is 1.88 bits per heavy atom. The van der Waals surface area contributed by atoms with Crippen LogP contribution in [0.5, 0.6) is 0 Å². The largest absolute Gasteiger partial charge is 0.390 e. The van der Waals surface area contributed by atoms with E-state index in [1.54, 1.807) is 20.8 Å². The quantitative estimate of drug-likeness (QED) is 0.415. The summed E-state index contributed by atoms with van der Waals surface area (Å²) in [5.74, 6) is 0. The van der Waals surface area contributed by atoms with Gasteiger partial charge in [0.1, 0.15) is 5.60 Å². The fourth-order valence-electron chi connectivity index (χ4n) is 0.0763. The van der Waals surface area contributed by atoms with Gasteiger partial charge in [0.05, 0.1) is 6.10 Å². The van der Waals surface area contributed by atoms with E-state index in [4.69, 9.17) is 10.4 Å². The molecule has 0 rings (SSSR count). The number of hydrogen-bond donors (Lipinski definition) is 2. The summed E-state index contributed by atoms with van der Waals surface area (Å²) in [5.41, 5.74) is -0.847. The predicted molar refractivity (Wildman–Crippen MR) is 29.5 cm³/mol. The fraction of sp³-hybridized carbons (Fsp3) is 1.00. The molecule has 0 amide bonds. The van der Waals surface area contributed by atoms with Gasteiger partial charge in [0.25, 0.3) is 0 Å². The minimum absolute atomic E-state index is 0.660. The van der Waals surface area contributed by atoms with Crippen LogP contribution in [-0.4, -0.2) is 22.1 Å². The van der Waals surface area contributed by atoms with E-state index in [2.05, 4.69) is 4.89 Å². The second-order valence-electron chi connectivity index (χ2n) is 2.37. The van der Waals surface area contributed by atoms with Crippen LogP contribution in [0, 0.1) is 0 Å². The molecule has 0 aromatic carbocycles. The SMILES string of the molecule is CC(O)C(C)(C)OO. The lowest BCUT2D eigenvalue weighted by Crippen LogP contribution is -2.35. The highest BCUT2D eigenvalue weighted by Gasteiger charge is 2.24. The summed E-state index contributed by atoms with van der Waals surface area (Å²) in [5, 5.41) is 16.9. The first-order valence-corrected chi connectivity index (χ1v) is 2.51. The van der Waals surface area contributed by atoms with Gasteiger partial charge < -0.3 is 5.11 Å². The first kappa shape index (κ1) is 7.88. The number of hydrogen-bond acceptors (Lipinski definition) is 3. The van der Waals surface area contributed by atoms with Gasteiger partial charge in [-0.05, 0) is 20.8 Å². The third kappa shape index (κ3) is 1.78. The summed E-state index contributed by atoms with van der Waals surface area (Å²) in [4.78, 5) is 3.95. The first-order chi connectivity index (χ1) is 3.50. The molecule has 3 heteroatoms. The van der Waals surface area contributed by atoms with Gasteiger partial charge in [-0.1, -0.05) is 0 Å². The van der Waals surface area contributed by atoms with Crippen molar-refractivity contribution in [2.75, 3.05) is 0 Å². The van der Waals surface area contributed by atoms with Gasteiger partial charge in [-0.15, -0.1) is 0 Å². The van der Waals surface area contributed by atoms with E-state index in [-0.39, 0.29) is 0 Å². The molecular formula is C5H12O3. The minimum Gasteiger partial charge on any atom is -0.390 e. The topological polar surface area (TPSA) is 49.7 Å². The van der Waals surface area contributed by atoms with Gasteiger partial charge in [-0.25, -0.2) is 4.89 Å². The lowest BCUT2D eigenvalue weighted by molar-refractivity contribution is -0.331. The molecule has 0 aromatic heterocycles. The summed E-state index contributed by atoms with van der Waals surface area (Å²) in [7, 11) is 0. The maximum atomic E-state index is 8.80. The molecule has 0 bridgehead atoms. The molecule has 0 fully saturated rings. The van der Waals surface area contributed by atoms with Crippen molar-refractivity contribution < 1.29 is 15.3 Å².